The minimum atomic E-state index is -0.924. The summed E-state index contributed by atoms with van der Waals surface area (Å²) in [5, 5.41) is 3.15. The maximum Gasteiger partial charge on any atom is 0.265 e. The minimum Gasteiger partial charge on any atom is -0.284 e. The maximum absolute atomic E-state index is 13.6. The lowest BCUT2D eigenvalue weighted by Crippen LogP contribution is -2.37. The Morgan fingerprint density at radius 3 is 1.20 bits per heavy atom. The van der Waals surface area contributed by atoms with Gasteiger partial charge in [-0.15, -0.1) is 0 Å². The molecule has 0 aromatic heterocycles. The van der Waals surface area contributed by atoms with Crippen LogP contribution in [0.3, 0.4) is 0 Å². The van der Waals surface area contributed by atoms with Gasteiger partial charge >= 0.3 is 0 Å². The van der Waals surface area contributed by atoms with Crippen molar-refractivity contribution < 1.29 is 28.9 Å². The van der Waals surface area contributed by atoms with Gasteiger partial charge in [0.2, 0.25) is 11.8 Å². The molecule has 0 N–H and O–H groups in total. The number of hydrogen-bond donors (Lipinski definition) is 0. The fourth-order valence-corrected chi connectivity index (χ4v) is 6.49. The van der Waals surface area contributed by atoms with Crippen molar-refractivity contribution in [2.75, 3.05) is 23.9 Å². The molecule has 4 aliphatic rings. The Hall–Kier alpha value is -4.22. The highest BCUT2D eigenvalue weighted by Crippen LogP contribution is 2.47. The molecule has 4 aliphatic heterocycles. The highest BCUT2D eigenvalue weighted by atomic mass is 16.7. The van der Waals surface area contributed by atoms with Gasteiger partial charge in [-0.3, -0.25) is 28.9 Å². The molecule has 4 fully saturated rings. The molecule has 4 saturated heterocycles. The number of hydroxylamine groups is 4. The zero-order chi connectivity index (χ0) is 27.7. The highest BCUT2D eigenvalue weighted by Gasteiger charge is 2.60. The second-order valence-electron chi connectivity index (χ2n) is 10.4. The first-order valence-electron chi connectivity index (χ1n) is 13.1. The molecule has 4 heterocycles. The van der Waals surface area contributed by atoms with Gasteiger partial charge in [0.05, 0.1) is 35.3 Å². The summed E-state index contributed by atoms with van der Waals surface area (Å²) in [5.41, 5.74) is 2.47. The average molecular weight is 539 g/mol. The molecule has 40 heavy (non-hydrogen) atoms. The molecule has 4 amide bonds. The second-order valence-corrected chi connectivity index (χ2v) is 10.4. The third kappa shape index (κ3) is 3.50. The third-order valence-electron chi connectivity index (χ3n) is 8.26. The van der Waals surface area contributed by atoms with Crippen molar-refractivity contribution in [2.24, 2.45) is 11.8 Å². The van der Waals surface area contributed by atoms with Crippen molar-refractivity contribution in [3.63, 3.8) is 0 Å². The number of hydrogen-bond acceptors (Lipinski definition) is 8. The number of amides is 4. The van der Waals surface area contributed by atoms with Gasteiger partial charge in [-0.05, 0) is 35.4 Å². The Bertz CT molecular complexity index is 1400. The summed E-state index contributed by atoms with van der Waals surface area (Å²) in [5.74, 6) is -2.98. The number of carbonyl (C=O) groups excluding carboxylic acids is 4. The lowest BCUT2D eigenvalue weighted by Gasteiger charge is -2.25. The summed E-state index contributed by atoms with van der Waals surface area (Å²) in [7, 11) is 3.44. The molecular weight excluding hydrogens is 512 g/mol. The normalized spacial score (nSPS) is 30.4. The van der Waals surface area contributed by atoms with E-state index in [0.29, 0.717) is 11.4 Å². The molecule has 0 radical (unpaired) electrons. The van der Waals surface area contributed by atoms with E-state index >= 15 is 0 Å². The van der Waals surface area contributed by atoms with Crippen LogP contribution >= 0.6 is 0 Å². The summed E-state index contributed by atoms with van der Waals surface area (Å²) in [6.07, 6.45) is -1.85. The van der Waals surface area contributed by atoms with E-state index in [0.717, 1.165) is 20.9 Å². The van der Waals surface area contributed by atoms with Crippen molar-refractivity contribution >= 4 is 35.0 Å². The van der Waals surface area contributed by atoms with Crippen LogP contribution in [0, 0.1) is 11.8 Å². The summed E-state index contributed by atoms with van der Waals surface area (Å²) < 4.78 is 0. The molecule has 0 saturated carbocycles. The molecule has 6 atom stereocenters. The maximum atomic E-state index is 13.6. The number of benzene rings is 3. The number of nitrogens with zero attached hydrogens (tertiary/aromatic N) is 4. The lowest BCUT2D eigenvalue weighted by atomic mass is 9.91. The molecule has 0 aliphatic carbocycles. The summed E-state index contributed by atoms with van der Waals surface area (Å²) >= 11 is 0. The predicted molar refractivity (Wildman–Crippen MR) is 142 cm³/mol. The van der Waals surface area contributed by atoms with E-state index in [9.17, 15) is 19.2 Å². The van der Waals surface area contributed by atoms with Gasteiger partial charge < -0.3 is 0 Å². The van der Waals surface area contributed by atoms with Gasteiger partial charge in [0.15, 0.2) is 12.2 Å². The van der Waals surface area contributed by atoms with E-state index in [-0.39, 0.29) is 11.8 Å². The first-order chi connectivity index (χ1) is 19.4. The van der Waals surface area contributed by atoms with E-state index in [1.165, 1.54) is 0 Å². The average Bonchev–Trinajstić information content (AvgIpc) is 3.64. The van der Waals surface area contributed by atoms with E-state index in [1.807, 2.05) is 60.7 Å². The molecule has 3 aromatic carbocycles. The van der Waals surface area contributed by atoms with Crippen LogP contribution in [0.2, 0.25) is 0 Å². The van der Waals surface area contributed by atoms with Crippen molar-refractivity contribution in [1.82, 2.24) is 10.1 Å². The van der Waals surface area contributed by atoms with Crippen LogP contribution in [0.4, 0.5) is 11.4 Å². The van der Waals surface area contributed by atoms with Gasteiger partial charge in [-0.1, -0.05) is 60.7 Å². The lowest BCUT2D eigenvalue weighted by molar-refractivity contribution is -0.160. The Labute approximate surface area is 230 Å². The van der Waals surface area contributed by atoms with Crippen LogP contribution in [-0.4, -0.2) is 60.1 Å². The van der Waals surface area contributed by atoms with E-state index in [1.54, 1.807) is 48.5 Å². The van der Waals surface area contributed by atoms with Crippen molar-refractivity contribution in [1.29, 1.82) is 0 Å². The summed E-state index contributed by atoms with van der Waals surface area (Å²) in [6, 6.07) is 24.4. The number of fused-ring (bicyclic) bond motifs is 2. The zero-order valence-corrected chi connectivity index (χ0v) is 21.8. The quantitative estimate of drug-likeness (QED) is 0.468. The molecule has 0 spiro atoms. The number of imide groups is 2. The third-order valence-corrected chi connectivity index (χ3v) is 8.26. The van der Waals surface area contributed by atoms with E-state index in [4.69, 9.17) is 9.68 Å². The van der Waals surface area contributed by atoms with Crippen molar-refractivity contribution in [3.05, 3.63) is 96.1 Å². The molecule has 10 heteroatoms. The second kappa shape index (κ2) is 9.17. The van der Waals surface area contributed by atoms with Crippen LogP contribution in [0.15, 0.2) is 84.9 Å². The Morgan fingerprint density at radius 2 is 0.850 bits per heavy atom. The predicted octanol–water partition coefficient (Wildman–Crippen LogP) is 2.64. The molecule has 10 nitrogen and oxygen atoms in total. The molecule has 0 unspecified atom stereocenters. The van der Waals surface area contributed by atoms with Crippen LogP contribution in [0.25, 0.3) is 0 Å². The molecule has 202 valence electrons. The summed E-state index contributed by atoms with van der Waals surface area (Å²) in [4.78, 5) is 67.7. The van der Waals surface area contributed by atoms with Gasteiger partial charge in [0, 0.05) is 14.1 Å². The smallest absolute Gasteiger partial charge is 0.265 e. The van der Waals surface area contributed by atoms with Gasteiger partial charge in [-0.2, -0.15) is 10.1 Å². The molecule has 0 bridgehead atoms. The van der Waals surface area contributed by atoms with Crippen LogP contribution in [-0.2, 0) is 28.9 Å². The minimum absolute atomic E-state index is 0.351. The fraction of sp³-hybridized carbons (Fsp3) is 0.267. The van der Waals surface area contributed by atoms with Gasteiger partial charge in [0.25, 0.3) is 11.8 Å². The van der Waals surface area contributed by atoms with E-state index < -0.39 is 47.9 Å². The Kier molecular flexibility index (Phi) is 5.69. The monoisotopic (exact) mass is 538 g/mol. The highest BCUT2D eigenvalue weighted by molar-refractivity contribution is 6.25. The topological polar surface area (TPSA) is 99.7 Å². The largest absolute Gasteiger partial charge is 0.284 e. The zero-order valence-electron chi connectivity index (χ0n) is 21.8. The SMILES string of the molecule is CN1O[C@H]2C(=O)N(c3ccc(N4C(=O)[C@@H]5[C@@H](ON(C)[C@H]5c5ccccc5)C4=O)cc3)C(=O)[C@H]2[C@H]1c1ccccc1. The number of carbonyl (C=O) groups is 4. The van der Waals surface area contributed by atoms with Crippen LogP contribution in [0.1, 0.15) is 23.2 Å². The summed E-state index contributed by atoms with van der Waals surface area (Å²) in [6.45, 7) is 0. The number of anilines is 2. The van der Waals surface area contributed by atoms with Crippen molar-refractivity contribution in [2.45, 2.75) is 24.3 Å². The van der Waals surface area contributed by atoms with Crippen molar-refractivity contribution in [3.8, 4) is 0 Å². The Morgan fingerprint density at radius 1 is 0.500 bits per heavy atom. The van der Waals surface area contributed by atoms with Gasteiger partial charge in [0.1, 0.15) is 0 Å². The van der Waals surface area contributed by atoms with E-state index in [2.05, 4.69) is 0 Å². The first-order valence-corrected chi connectivity index (χ1v) is 13.1. The molecule has 3 aromatic rings. The Balaban J connectivity index is 1.15. The van der Waals surface area contributed by atoms with Crippen LogP contribution < -0.4 is 9.80 Å². The number of rotatable bonds is 4. The first kappa shape index (κ1) is 24.8. The fourth-order valence-electron chi connectivity index (χ4n) is 6.49. The standard InChI is InChI=1S/C30H26N4O6/c1-31-23(17-9-5-3-6-10-17)21-25(39-31)29(37)33(27(21)35)19-13-15-20(16-14-19)34-28(36)22-24(18-11-7-4-8-12-18)32(2)40-26(22)30(34)38/h3-16,21-26H,1-2H3/t21-,22-,23-,24+,25+,26+/m0/s1. The molecule has 7 rings (SSSR count). The molecular formula is C30H26N4O6. The van der Waals surface area contributed by atoms with Gasteiger partial charge in [-0.25, -0.2) is 9.80 Å². The van der Waals surface area contributed by atoms with Crippen LogP contribution in [0.5, 0.6) is 0 Å².